The highest BCUT2D eigenvalue weighted by atomic mass is 32.1. The van der Waals surface area contributed by atoms with Crippen LogP contribution < -0.4 is 9.47 Å². The van der Waals surface area contributed by atoms with Gasteiger partial charge in [-0.15, -0.1) is 11.3 Å². The summed E-state index contributed by atoms with van der Waals surface area (Å²) in [4.78, 5) is 21.7. The second-order valence-corrected chi connectivity index (χ2v) is 9.26. The number of aromatic nitrogens is 1. The summed E-state index contributed by atoms with van der Waals surface area (Å²) in [6, 6.07) is 22.0. The lowest BCUT2D eigenvalue weighted by molar-refractivity contribution is -0.135. The van der Waals surface area contributed by atoms with E-state index >= 15 is 0 Å². The molecule has 0 N–H and O–H groups in total. The van der Waals surface area contributed by atoms with Crippen molar-refractivity contribution in [1.82, 2.24) is 14.8 Å². The van der Waals surface area contributed by atoms with Crippen LogP contribution in [0.15, 0.2) is 72.1 Å². The van der Waals surface area contributed by atoms with Crippen LogP contribution >= 0.6 is 11.3 Å². The summed E-state index contributed by atoms with van der Waals surface area (Å²) < 4.78 is 11.1. The number of nitrogens with zero attached hydrogens (tertiary/aromatic N) is 3. The van der Waals surface area contributed by atoms with Crippen LogP contribution in [0.1, 0.15) is 5.01 Å². The highest BCUT2D eigenvalue weighted by Crippen LogP contribution is 2.26. The molecular formula is C27H27N3O3S. The second-order valence-electron chi connectivity index (χ2n) is 8.31. The second kappa shape index (κ2) is 10.2. The Morgan fingerprint density at radius 1 is 0.941 bits per heavy atom. The highest BCUT2D eigenvalue weighted by Gasteiger charge is 2.22. The number of methoxy groups -OCH3 is 1. The standard InChI is InChI=1S/C27H27N3O3S/c1-32-23-8-4-7-22(16-23)25-19-34-26(28-25)17-29-11-13-30(14-12-29)27(31)18-33-24-10-9-20-5-2-3-6-21(20)15-24/h2-10,15-16,19H,11-14,17-18H2,1H3. The van der Waals surface area contributed by atoms with Crippen molar-refractivity contribution in [2.75, 3.05) is 39.9 Å². The van der Waals surface area contributed by atoms with E-state index < -0.39 is 0 Å². The smallest absolute Gasteiger partial charge is 0.260 e. The minimum Gasteiger partial charge on any atom is -0.497 e. The van der Waals surface area contributed by atoms with Crippen LogP contribution in [0.5, 0.6) is 11.5 Å². The zero-order valence-electron chi connectivity index (χ0n) is 19.1. The van der Waals surface area contributed by atoms with Gasteiger partial charge >= 0.3 is 0 Å². The van der Waals surface area contributed by atoms with Crippen molar-refractivity contribution in [3.05, 3.63) is 77.1 Å². The molecule has 0 bridgehead atoms. The number of benzene rings is 3. The van der Waals surface area contributed by atoms with Crippen LogP contribution in [0.25, 0.3) is 22.0 Å². The fraction of sp³-hybridized carbons (Fsp3) is 0.259. The zero-order valence-corrected chi connectivity index (χ0v) is 20.0. The van der Waals surface area contributed by atoms with Crippen molar-refractivity contribution in [1.29, 1.82) is 0 Å². The number of carbonyl (C=O) groups is 1. The number of hydrogen-bond donors (Lipinski definition) is 0. The molecule has 0 unspecified atom stereocenters. The molecule has 0 saturated carbocycles. The first-order valence-corrected chi connectivity index (χ1v) is 12.3. The number of amides is 1. The fourth-order valence-electron chi connectivity index (χ4n) is 4.14. The predicted octanol–water partition coefficient (Wildman–Crippen LogP) is 4.70. The van der Waals surface area contributed by atoms with Crippen LogP contribution in [0.4, 0.5) is 0 Å². The van der Waals surface area contributed by atoms with Gasteiger partial charge in [0.15, 0.2) is 6.61 Å². The quantitative estimate of drug-likeness (QED) is 0.390. The van der Waals surface area contributed by atoms with Gasteiger partial charge in [-0.05, 0) is 35.0 Å². The van der Waals surface area contributed by atoms with Crippen molar-refractivity contribution in [3.8, 4) is 22.8 Å². The summed E-state index contributed by atoms with van der Waals surface area (Å²) >= 11 is 1.67. The van der Waals surface area contributed by atoms with E-state index in [0.29, 0.717) is 13.1 Å². The van der Waals surface area contributed by atoms with Gasteiger partial charge in [-0.2, -0.15) is 0 Å². The van der Waals surface area contributed by atoms with Gasteiger partial charge < -0.3 is 14.4 Å². The Kier molecular flexibility index (Phi) is 6.74. The van der Waals surface area contributed by atoms with Crippen LogP contribution in [0.3, 0.4) is 0 Å². The molecule has 3 aromatic carbocycles. The molecule has 4 aromatic rings. The van der Waals surface area contributed by atoms with Crippen molar-refractivity contribution in [2.24, 2.45) is 0 Å². The van der Waals surface area contributed by atoms with Gasteiger partial charge in [-0.1, -0.05) is 42.5 Å². The highest BCUT2D eigenvalue weighted by molar-refractivity contribution is 7.09. The minimum absolute atomic E-state index is 0.0300. The summed E-state index contributed by atoms with van der Waals surface area (Å²) in [5, 5.41) is 5.44. The van der Waals surface area contributed by atoms with Crippen LogP contribution in [0.2, 0.25) is 0 Å². The summed E-state index contributed by atoms with van der Waals surface area (Å²) in [5.74, 6) is 1.58. The molecule has 0 aliphatic carbocycles. The molecule has 1 aromatic heterocycles. The molecule has 0 radical (unpaired) electrons. The van der Waals surface area contributed by atoms with E-state index in [1.807, 2.05) is 65.6 Å². The molecule has 6 nitrogen and oxygen atoms in total. The van der Waals surface area contributed by atoms with E-state index in [9.17, 15) is 4.79 Å². The lowest BCUT2D eigenvalue weighted by Gasteiger charge is -2.34. The Labute approximate surface area is 203 Å². The van der Waals surface area contributed by atoms with Crippen molar-refractivity contribution in [2.45, 2.75) is 6.54 Å². The number of hydrogen-bond acceptors (Lipinski definition) is 6. The number of carbonyl (C=O) groups excluding carboxylic acids is 1. The SMILES string of the molecule is COc1cccc(-c2csc(CN3CCN(C(=O)COc4ccc5ccccc5c4)CC3)n2)c1. The van der Waals surface area contributed by atoms with Crippen LogP contribution in [-0.2, 0) is 11.3 Å². The maximum absolute atomic E-state index is 12.7. The molecule has 34 heavy (non-hydrogen) atoms. The molecular weight excluding hydrogens is 446 g/mol. The van der Waals surface area contributed by atoms with E-state index in [1.165, 1.54) is 0 Å². The average molecular weight is 474 g/mol. The third-order valence-corrected chi connectivity index (χ3v) is 6.92. The molecule has 0 spiro atoms. The third kappa shape index (κ3) is 5.21. The molecule has 1 aliphatic rings. The lowest BCUT2D eigenvalue weighted by Crippen LogP contribution is -2.49. The van der Waals surface area contributed by atoms with E-state index in [1.54, 1.807) is 18.4 Å². The molecule has 1 aliphatic heterocycles. The average Bonchev–Trinajstić information content (AvgIpc) is 3.36. The Balaban J connectivity index is 1.10. The van der Waals surface area contributed by atoms with Gasteiger partial charge in [0.05, 0.1) is 19.3 Å². The summed E-state index contributed by atoms with van der Waals surface area (Å²) in [7, 11) is 1.67. The van der Waals surface area contributed by atoms with Crippen molar-refractivity contribution < 1.29 is 14.3 Å². The predicted molar refractivity (Wildman–Crippen MR) is 135 cm³/mol. The number of fused-ring (bicyclic) bond motifs is 1. The first-order chi connectivity index (χ1) is 16.7. The van der Waals surface area contributed by atoms with E-state index in [-0.39, 0.29) is 12.5 Å². The van der Waals surface area contributed by atoms with Crippen LogP contribution in [-0.4, -0.2) is 60.6 Å². The van der Waals surface area contributed by atoms with Gasteiger partial charge in [0.25, 0.3) is 5.91 Å². The maximum atomic E-state index is 12.7. The van der Waals surface area contributed by atoms with Gasteiger partial charge in [-0.25, -0.2) is 4.98 Å². The monoisotopic (exact) mass is 473 g/mol. The number of piperazine rings is 1. The van der Waals surface area contributed by atoms with Crippen LogP contribution in [0, 0.1) is 0 Å². The molecule has 1 saturated heterocycles. The van der Waals surface area contributed by atoms with E-state index in [2.05, 4.69) is 16.3 Å². The first-order valence-electron chi connectivity index (χ1n) is 11.4. The molecule has 2 heterocycles. The Hall–Kier alpha value is -3.42. The number of thiazole rings is 1. The summed E-state index contributed by atoms with van der Waals surface area (Å²) in [6.07, 6.45) is 0. The van der Waals surface area contributed by atoms with E-state index in [0.717, 1.165) is 58.2 Å². The van der Waals surface area contributed by atoms with Gasteiger partial charge in [-0.3, -0.25) is 9.69 Å². The normalized spacial score (nSPS) is 14.3. The zero-order chi connectivity index (χ0) is 23.3. The van der Waals surface area contributed by atoms with Crippen molar-refractivity contribution >= 4 is 28.0 Å². The maximum Gasteiger partial charge on any atom is 0.260 e. The Morgan fingerprint density at radius 2 is 1.76 bits per heavy atom. The number of rotatable bonds is 7. The molecule has 0 atom stereocenters. The van der Waals surface area contributed by atoms with E-state index in [4.69, 9.17) is 14.5 Å². The number of ether oxygens (including phenoxy) is 2. The fourth-order valence-corrected chi connectivity index (χ4v) is 4.98. The summed E-state index contributed by atoms with van der Waals surface area (Å²) in [5.41, 5.74) is 2.03. The Morgan fingerprint density at radius 3 is 2.59 bits per heavy atom. The van der Waals surface area contributed by atoms with Gasteiger partial charge in [0.1, 0.15) is 16.5 Å². The Bertz CT molecular complexity index is 1280. The lowest BCUT2D eigenvalue weighted by atomic mass is 10.1. The molecule has 5 rings (SSSR count). The molecule has 7 heteroatoms. The third-order valence-electron chi connectivity index (χ3n) is 6.08. The molecule has 1 fully saturated rings. The van der Waals surface area contributed by atoms with Gasteiger partial charge in [0.2, 0.25) is 0 Å². The first kappa shape index (κ1) is 22.4. The van der Waals surface area contributed by atoms with Gasteiger partial charge in [0, 0.05) is 37.1 Å². The largest absolute Gasteiger partial charge is 0.497 e. The molecule has 174 valence electrons. The molecule has 1 amide bonds. The van der Waals surface area contributed by atoms with Crippen molar-refractivity contribution in [3.63, 3.8) is 0 Å². The minimum atomic E-state index is 0.0300. The summed E-state index contributed by atoms with van der Waals surface area (Å²) in [6.45, 7) is 3.92. The topological polar surface area (TPSA) is 54.9 Å².